The summed E-state index contributed by atoms with van der Waals surface area (Å²) in [4.78, 5) is 20.5. The topological polar surface area (TPSA) is 84.4 Å². The fourth-order valence-electron chi connectivity index (χ4n) is 18.7. The highest BCUT2D eigenvalue weighted by Crippen LogP contribution is 2.44. The molecule has 0 unspecified atom stereocenters. The van der Waals surface area contributed by atoms with Crippen LogP contribution in [0.2, 0.25) is 0 Å². The predicted octanol–water partition coefficient (Wildman–Crippen LogP) is 31.0. The van der Waals surface area contributed by atoms with E-state index in [-0.39, 0.29) is 0 Å². The van der Waals surface area contributed by atoms with Gasteiger partial charge in [0.1, 0.15) is 22.8 Å². The minimum atomic E-state index is 0.652. The number of furan rings is 1. The second-order valence-corrected chi connectivity index (χ2v) is 33.0. The van der Waals surface area contributed by atoms with Crippen molar-refractivity contribution in [3.63, 3.8) is 0 Å². The molecule has 0 spiro atoms. The van der Waals surface area contributed by atoms with Gasteiger partial charge in [0.15, 0.2) is 0 Å². The molecule has 0 radical (unpaired) electrons. The molecule has 9 nitrogen and oxygen atoms in total. The van der Waals surface area contributed by atoms with Crippen LogP contribution in [0.5, 0.6) is 0 Å². The molecular formula is C116H74N8OS. The third kappa shape index (κ3) is 12.9. The van der Waals surface area contributed by atoms with Crippen LogP contribution < -0.4 is 0 Å². The van der Waals surface area contributed by atoms with Gasteiger partial charge in [0.25, 0.3) is 0 Å². The van der Waals surface area contributed by atoms with Crippen molar-refractivity contribution in [3.8, 4) is 102 Å². The van der Waals surface area contributed by atoms with E-state index in [9.17, 15) is 0 Å². The van der Waals surface area contributed by atoms with E-state index in [0.29, 0.717) is 5.95 Å². The molecule has 0 atom stereocenters. The normalized spacial score (nSPS) is 11.7. The Labute approximate surface area is 728 Å². The number of fused-ring (bicyclic) bond motifs is 18. The molecule has 0 saturated heterocycles. The smallest absolute Gasteiger partial charge is 0.235 e. The van der Waals surface area contributed by atoms with E-state index in [1.54, 1.807) is 0 Å². The third-order valence-electron chi connectivity index (χ3n) is 24.6. The quantitative estimate of drug-likeness (QED) is 0.129. The Morgan fingerprint density at radius 1 is 0.175 bits per heavy atom. The number of rotatable bonds is 11. The first-order chi connectivity index (χ1) is 62.5. The molecule has 9 heterocycles. The van der Waals surface area contributed by atoms with Gasteiger partial charge in [0, 0.05) is 102 Å². The molecule has 0 amide bonds. The summed E-state index contributed by atoms with van der Waals surface area (Å²) >= 11 is 1.86. The Bertz CT molecular complexity index is 8360. The number of hydrogen-bond donors (Lipinski definition) is 0. The van der Waals surface area contributed by atoms with Crippen molar-refractivity contribution in [2.45, 2.75) is 0 Å². The Morgan fingerprint density at radius 2 is 0.492 bits per heavy atom. The summed E-state index contributed by atoms with van der Waals surface area (Å²) in [7, 11) is 0. The lowest BCUT2D eigenvalue weighted by atomic mass is 10.0. The Morgan fingerprint density at radius 3 is 0.960 bits per heavy atom. The number of pyridine rings is 2. The summed E-state index contributed by atoms with van der Waals surface area (Å²) < 4.78 is 17.9. The molecule has 17 aromatic carbocycles. The van der Waals surface area contributed by atoms with Gasteiger partial charge in [-0.05, 0) is 185 Å². The molecular weight excluding hydrogens is 1550 g/mol. The highest BCUT2D eigenvalue weighted by molar-refractivity contribution is 7.25. The molecule has 9 aromatic heterocycles. The zero-order chi connectivity index (χ0) is 83.1. The van der Waals surface area contributed by atoms with Crippen LogP contribution in [-0.2, 0) is 0 Å². The van der Waals surface area contributed by atoms with Crippen LogP contribution >= 0.6 is 11.3 Å². The second kappa shape index (κ2) is 30.8. The number of hydrogen-bond acceptors (Lipinski definition) is 6. The predicted molar refractivity (Wildman–Crippen MR) is 526 cm³/mol. The maximum Gasteiger partial charge on any atom is 0.235 e. The highest BCUT2D eigenvalue weighted by atomic mass is 32.1. The molecule has 126 heavy (non-hydrogen) atoms. The van der Waals surface area contributed by atoms with Crippen molar-refractivity contribution in [3.05, 3.63) is 449 Å². The summed E-state index contributed by atoms with van der Waals surface area (Å²) in [6.07, 6.45) is 0. The average molecular weight is 1630 g/mol. The van der Waals surface area contributed by atoms with Gasteiger partial charge in [-0.25, -0.2) is 19.9 Å². The molecule has 26 rings (SSSR count). The number of para-hydroxylation sites is 6. The standard InChI is InChI=1S/C46H30N4.C35H22N2O.C35H22N2S/c1-4-14-31(15-5-1)40-30-41(32-16-6-2-7-17-32)48-46(47-40)50-43-23-13-11-21-37(43)39-29-34(25-27-45(39)50)33-24-26-44-38(28-33)36-20-10-12-22-42(36)49(44)35-18-8-3-9-19-35;2*1-2-9-23(10-3-1)30-13-8-16-35(36-30)37-31-14-6-4-11-26(31)28-21-24(17-19-32(28)37)25-18-20-34-29(22-25)27-12-5-7-15-33(27)38-34/h1-30H;2*1-22H. The van der Waals surface area contributed by atoms with E-state index in [4.69, 9.17) is 24.4 Å². The van der Waals surface area contributed by atoms with E-state index in [0.717, 1.165) is 117 Å². The number of nitrogens with zero attached hydrogens (tertiary/aromatic N) is 8. The largest absolute Gasteiger partial charge is 0.456 e. The van der Waals surface area contributed by atoms with Crippen LogP contribution in [0.25, 0.3) is 231 Å². The molecule has 26 aromatic rings. The fraction of sp³-hybridized carbons (Fsp3) is 0. The zero-order valence-electron chi connectivity index (χ0n) is 68.1. The maximum absolute atomic E-state index is 6.05. The SMILES string of the molecule is c1ccc(-c2cc(-c3ccccc3)nc(-n3c4ccccc4c4cc(-c5ccc6c(c5)c5ccccc5n6-c5ccccc5)ccc43)n2)cc1.c1ccc(-c2cccc(-n3c4ccccc4c4cc(-c5ccc6oc7ccccc7c6c5)ccc43)n2)cc1.c1ccc(-c2cccc(-n3c4ccccc4c4cc(-c5ccc6sc7ccccc7c6c5)ccc43)n2)cc1. The van der Waals surface area contributed by atoms with Gasteiger partial charge in [-0.2, -0.15) is 0 Å². The lowest BCUT2D eigenvalue weighted by Gasteiger charge is -2.12. The van der Waals surface area contributed by atoms with Gasteiger partial charge in [0.2, 0.25) is 5.95 Å². The van der Waals surface area contributed by atoms with Crippen LogP contribution in [0.1, 0.15) is 0 Å². The summed E-state index contributed by atoms with van der Waals surface area (Å²) in [5.74, 6) is 2.49. The van der Waals surface area contributed by atoms with Gasteiger partial charge >= 0.3 is 0 Å². The van der Waals surface area contributed by atoms with Crippen LogP contribution in [0.4, 0.5) is 0 Å². The van der Waals surface area contributed by atoms with Gasteiger partial charge in [-0.1, -0.05) is 297 Å². The monoisotopic (exact) mass is 1630 g/mol. The van der Waals surface area contributed by atoms with Crippen molar-refractivity contribution >= 4 is 141 Å². The summed E-state index contributed by atoms with van der Waals surface area (Å²) in [6.45, 7) is 0. The summed E-state index contributed by atoms with van der Waals surface area (Å²) in [6, 6.07) is 159. The van der Waals surface area contributed by atoms with E-state index >= 15 is 0 Å². The minimum Gasteiger partial charge on any atom is -0.456 e. The molecule has 0 bridgehead atoms. The van der Waals surface area contributed by atoms with Gasteiger partial charge in [0.05, 0.1) is 66.9 Å². The Hall–Kier alpha value is -16.7. The zero-order valence-corrected chi connectivity index (χ0v) is 68.9. The maximum atomic E-state index is 6.05. The van der Waals surface area contributed by atoms with E-state index in [2.05, 4.69) is 431 Å². The van der Waals surface area contributed by atoms with Gasteiger partial charge in [-0.15, -0.1) is 11.3 Å². The Kier molecular flexibility index (Phi) is 17.9. The fourth-order valence-corrected chi connectivity index (χ4v) is 19.8. The molecule has 10 heteroatoms. The molecule has 0 aliphatic rings. The van der Waals surface area contributed by atoms with Crippen LogP contribution in [0, 0.1) is 0 Å². The summed E-state index contributed by atoms with van der Waals surface area (Å²) in [5, 5.41) is 14.7. The second-order valence-electron chi connectivity index (χ2n) is 32.0. The highest BCUT2D eigenvalue weighted by Gasteiger charge is 2.23. The van der Waals surface area contributed by atoms with Crippen molar-refractivity contribution in [1.82, 2.24) is 38.2 Å². The Balaban J connectivity index is 0.000000107. The molecule has 0 fully saturated rings. The van der Waals surface area contributed by atoms with Gasteiger partial charge in [-0.3, -0.25) is 13.7 Å². The molecule has 590 valence electrons. The number of aromatic nitrogens is 8. The van der Waals surface area contributed by atoms with Crippen LogP contribution in [0.3, 0.4) is 0 Å². The van der Waals surface area contributed by atoms with Crippen LogP contribution in [0.15, 0.2) is 453 Å². The average Bonchev–Trinajstić information content (AvgIpc) is 1.59. The van der Waals surface area contributed by atoms with Crippen molar-refractivity contribution < 1.29 is 4.42 Å². The number of thiophene rings is 1. The van der Waals surface area contributed by atoms with E-state index in [1.807, 2.05) is 47.7 Å². The van der Waals surface area contributed by atoms with Crippen molar-refractivity contribution in [2.75, 3.05) is 0 Å². The first-order valence-corrected chi connectivity index (χ1v) is 43.4. The molecule has 0 N–H and O–H groups in total. The third-order valence-corrected chi connectivity index (χ3v) is 25.7. The van der Waals surface area contributed by atoms with Crippen LogP contribution in [-0.4, -0.2) is 38.2 Å². The van der Waals surface area contributed by atoms with E-state index in [1.165, 1.54) is 108 Å². The first kappa shape index (κ1) is 73.3. The first-order valence-electron chi connectivity index (χ1n) is 42.5. The van der Waals surface area contributed by atoms with Crippen molar-refractivity contribution in [1.29, 1.82) is 0 Å². The summed E-state index contributed by atoms with van der Waals surface area (Å²) in [5.41, 5.74) is 27.4. The lowest BCUT2D eigenvalue weighted by molar-refractivity contribution is 0.669. The number of benzene rings is 17. The van der Waals surface area contributed by atoms with Gasteiger partial charge < -0.3 is 8.98 Å². The molecule has 0 aliphatic carbocycles. The lowest BCUT2D eigenvalue weighted by Crippen LogP contribution is -2.03. The minimum absolute atomic E-state index is 0.652. The van der Waals surface area contributed by atoms with Crippen molar-refractivity contribution in [2.24, 2.45) is 0 Å². The molecule has 0 aliphatic heterocycles. The molecule has 0 saturated carbocycles. The van der Waals surface area contributed by atoms with E-state index < -0.39 is 0 Å².